The molecule has 0 saturated carbocycles. The van der Waals surface area contributed by atoms with Crippen LogP contribution in [0.2, 0.25) is 0 Å². The van der Waals surface area contributed by atoms with Crippen molar-refractivity contribution in [2.75, 3.05) is 13.1 Å². The van der Waals surface area contributed by atoms with E-state index in [0.29, 0.717) is 5.92 Å². The number of fused-ring (bicyclic) bond motifs is 1. The summed E-state index contributed by atoms with van der Waals surface area (Å²) in [5.41, 5.74) is 5.06. The van der Waals surface area contributed by atoms with Gasteiger partial charge in [0, 0.05) is 18.1 Å². The molecule has 1 aliphatic rings. The normalized spacial score (nSPS) is 18.6. The number of piperidine rings is 1. The molecular weight excluding hydrogens is 306 g/mol. The highest BCUT2D eigenvalue weighted by molar-refractivity contribution is 5.82. The third kappa shape index (κ3) is 3.21. The Hall–Kier alpha value is -2.13. The second-order valence-corrected chi connectivity index (χ2v) is 8.20. The molecule has 1 fully saturated rings. The molecule has 4 rings (SSSR count). The van der Waals surface area contributed by atoms with E-state index in [0.717, 1.165) is 24.3 Å². The second kappa shape index (κ2) is 6.30. The quantitative estimate of drug-likeness (QED) is 0.731. The first-order valence-corrected chi connectivity index (χ1v) is 9.32. The van der Waals surface area contributed by atoms with E-state index in [-0.39, 0.29) is 5.41 Å². The van der Waals surface area contributed by atoms with Gasteiger partial charge in [-0.1, -0.05) is 51.1 Å². The Morgan fingerprint density at radius 2 is 1.88 bits per heavy atom. The highest BCUT2D eigenvalue weighted by Gasteiger charge is 2.19. The molecule has 0 unspecified atom stereocenters. The maximum atomic E-state index is 4.90. The van der Waals surface area contributed by atoms with E-state index in [1.54, 1.807) is 0 Å². The van der Waals surface area contributed by atoms with Gasteiger partial charge in [0.1, 0.15) is 0 Å². The van der Waals surface area contributed by atoms with Crippen molar-refractivity contribution >= 4 is 10.9 Å². The van der Waals surface area contributed by atoms with Crippen molar-refractivity contribution in [3.63, 3.8) is 0 Å². The van der Waals surface area contributed by atoms with Gasteiger partial charge in [0.25, 0.3) is 0 Å². The lowest BCUT2D eigenvalue weighted by Crippen LogP contribution is -2.28. The average molecular weight is 333 g/mol. The zero-order chi connectivity index (χ0) is 17.4. The summed E-state index contributed by atoms with van der Waals surface area (Å²) in [6, 6.07) is 15.4. The number of nitrogens with zero attached hydrogens (tertiary/aromatic N) is 2. The van der Waals surface area contributed by atoms with E-state index in [2.05, 4.69) is 74.7 Å². The van der Waals surface area contributed by atoms with Crippen LogP contribution in [-0.4, -0.2) is 22.9 Å². The molecule has 0 bridgehead atoms. The third-order valence-electron chi connectivity index (χ3n) is 5.27. The molecule has 25 heavy (non-hydrogen) atoms. The predicted molar refractivity (Wildman–Crippen MR) is 105 cm³/mol. The maximum absolute atomic E-state index is 4.90. The molecule has 0 spiro atoms. The van der Waals surface area contributed by atoms with Crippen molar-refractivity contribution in [1.82, 2.24) is 15.1 Å². The second-order valence-electron chi connectivity index (χ2n) is 8.20. The Kier molecular flexibility index (Phi) is 4.12. The lowest BCUT2D eigenvalue weighted by Gasteiger charge is -2.23. The summed E-state index contributed by atoms with van der Waals surface area (Å²) in [4.78, 5) is 0. The Balaban J connectivity index is 1.68. The van der Waals surface area contributed by atoms with Crippen LogP contribution in [0, 0.1) is 0 Å². The van der Waals surface area contributed by atoms with E-state index in [1.165, 1.54) is 29.4 Å². The van der Waals surface area contributed by atoms with Gasteiger partial charge in [-0.05, 0) is 54.0 Å². The lowest BCUT2D eigenvalue weighted by atomic mass is 9.86. The standard InChI is InChI=1S/C22H27N3/c1-22(2,3)20-8-4-6-18-15-25(24-21(18)20)19-11-9-16(10-12-19)17-7-5-13-23-14-17/h4,6,8-12,15,17,23H,5,7,13-14H2,1-3H3/t17-/m1/s1. The Morgan fingerprint density at radius 3 is 2.56 bits per heavy atom. The van der Waals surface area contributed by atoms with Gasteiger partial charge < -0.3 is 5.32 Å². The SMILES string of the molecule is CC(C)(C)c1cccc2cn(-c3ccc([C@@H]4CCCNC4)cc3)nc12. The van der Waals surface area contributed by atoms with Gasteiger partial charge in [-0.3, -0.25) is 0 Å². The lowest BCUT2D eigenvalue weighted by molar-refractivity contribution is 0.461. The van der Waals surface area contributed by atoms with Crippen LogP contribution in [0.1, 0.15) is 50.7 Å². The van der Waals surface area contributed by atoms with Crippen LogP contribution in [-0.2, 0) is 5.41 Å². The molecule has 0 aliphatic carbocycles. The Bertz CT molecular complexity index is 862. The average Bonchev–Trinajstić information content (AvgIpc) is 3.06. The summed E-state index contributed by atoms with van der Waals surface area (Å²) in [7, 11) is 0. The van der Waals surface area contributed by atoms with E-state index in [4.69, 9.17) is 5.10 Å². The molecule has 3 heteroatoms. The van der Waals surface area contributed by atoms with Crippen LogP contribution >= 0.6 is 0 Å². The van der Waals surface area contributed by atoms with Crippen LogP contribution in [0.3, 0.4) is 0 Å². The minimum Gasteiger partial charge on any atom is -0.316 e. The molecule has 130 valence electrons. The number of benzene rings is 2. The molecule has 1 saturated heterocycles. The largest absolute Gasteiger partial charge is 0.316 e. The van der Waals surface area contributed by atoms with Gasteiger partial charge in [0.2, 0.25) is 0 Å². The van der Waals surface area contributed by atoms with Gasteiger partial charge in [0.15, 0.2) is 0 Å². The number of nitrogens with one attached hydrogen (secondary N) is 1. The number of hydrogen-bond donors (Lipinski definition) is 1. The summed E-state index contributed by atoms with van der Waals surface area (Å²) in [5, 5.41) is 9.60. The monoisotopic (exact) mass is 333 g/mol. The summed E-state index contributed by atoms with van der Waals surface area (Å²) in [6.07, 6.45) is 4.70. The number of hydrogen-bond acceptors (Lipinski definition) is 2. The molecule has 2 heterocycles. The van der Waals surface area contributed by atoms with Crippen molar-refractivity contribution in [1.29, 1.82) is 0 Å². The van der Waals surface area contributed by atoms with E-state index in [9.17, 15) is 0 Å². The van der Waals surface area contributed by atoms with Gasteiger partial charge in [-0.25, -0.2) is 4.68 Å². The first-order valence-electron chi connectivity index (χ1n) is 9.32. The van der Waals surface area contributed by atoms with Crippen LogP contribution in [0.15, 0.2) is 48.7 Å². The third-order valence-corrected chi connectivity index (χ3v) is 5.27. The summed E-state index contributed by atoms with van der Waals surface area (Å²) >= 11 is 0. The molecule has 1 aromatic heterocycles. The van der Waals surface area contributed by atoms with Gasteiger partial charge in [0.05, 0.1) is 11.2 Å². The van der Waals surface area contributed by atoms with Crippen molar-refractivity contribution < 1.29 is 0 Å². The minimum absolute atomic E-state index is 0.0938. The van der Waals surface area contributed by atoms with Gasteiger partial charge >= 0.3 is 0 Å². The number of aromatic nitrogens is 2. The van der Waals surface area contributed by atoms with Crippen LogP contribution in [0.4, 0.5) is 0 Å². The fourth-order valence-corrected chi connectivity index (χ4v) is 3.82. The number of rotatable bonds is 2. The van der Waals surface area contributed by atoms with Crippen molar-refractivity contribution in [3.05, 3.63) is 59.8 Å². The van der Waals surface area contributed by atoms with Crippen LogP contribution in [0.25, 0.3) is 16.6 Å². The maximum Gasteiger partial charge on any atom is 0.0964 e. The van der Waals surface area contributed by atoms with Gasteiger partial charge in [-0.2, -0.15) is 5.10 Å². The van der Waals surface area contributed by atoms with Crippen molar-refractivity contribution in [3.8, 4) is 5.69 Å². The first kappa shape index (κ1) is 16.3. The molecule has 1 N–H and O–H groups in total. The molecule has 3 nitrogen and oxygen atoms in total. The smallest absolute Gasteiger partial charge is 0.0964 e. The Morgan fingerprint density at radius 1 is 1.08 bits per heavy atom. The van der Waals surface area contributed by atoms with Crippen LogP contribution in [0.5, 0.6) is 0 Å². The van der Waals surface area contributed by atoms with Crippen molar-refractivity contribution in [2.45, 2.75) is 44.9 Å². The summed E-state index contributed by atoms with van der Waals surface area (Å²) < 4.78 is 2.02. The first-order chi connectivity index (χ1) is 12.0. The van der Waals surface area contributed by atoms with Crippen molar-refractivity contribution in [2.24, 2.45) is 0 Å². The van der Waals surface area contributed by atoms with Crippen LogP contribution < -0.4 is 5.32 Å². The van der Waals surface area contributed by atoms with E-state index in [1.807, 2.05) is 4.68 Å². The minimum atomic E-state index is 0.0938. The molecule has 1 aliphatic heterocycles. The fraction of sp³-hybridized carbons (Fsp3) is 0.409. The van der Waals surface area contributed by atoms with E-state index < -0.39 is 0 Å². The molecular formula is C22H27N3. The molecule has 2 aromatic carbocycles. The topological polar surface area (TPSA) is 29.9 Å². The van der Waals surface area contributed by atoms with E-state index >= 15 is 0 Å². The molecule has 1 atom stereocenters. The fourth-order valence-electron chi connectivity index (χ4n) is 3.82. The molecule has 3 aromatic rings. The summed E-state index contributed by atoms with van der Waals surface area (Å²) in [6.45, 7) is 8.99. The van der Waals surface area contributed by atoms with Gasteiger partial charge in [-0.15, -0.1) is 0 Å². The predicted octanol–water partition coefficient (Wildman–Crippen LogP) is 4.79. The zero-order valence-corrected chi connectivity index (χ0v) is 15.4. The summed E-state index contributed by atoms with van der Waals surface area (Å²) in [5.74, 6) is 0.645. The zero-order valence-electron chi connectivity index (χ0n) is 15.4. The molecule has 0 radical (unpaired) electrons. The highest BCUT2D eigenvalue weighted by Crippen LogP contribution is 2.30. The molecule has 0 amide bonds. The highest BCUT2D eigenvalue weighted by atomic mass is 15.3. The Labute approximate surface area is 150 Å².